The molecule has 4 rings (SSSR count). The molecule has 32 heavy (non-hydrogen) atoms. The van der Waals surface area contributed by atoms with Crippen LogP contribution in [0.5, 0.6) is 5.75 Å². The maximum absolute atomic E-state index is 13.1. The summed E-state index contributed by atoms with van der Waals surface area (Å²) in [6.45, 7) is 1.37. The van der Waals surface area contributed by atoms with Gasteiger partial charge in [0, 0.05) is 49.2 Å². The van der Waals surface area contributed by atoms with E-state index in [1.807, 2.05) is 6.07 Å². The Morgan fingerprint density at radius 2 is 1.81 bits per heavy atom. The number of carbonyl (C=O) groups is 3. The molecular weight excluding hydrogens is 414 g/mol. The highest BCUT2D eigenvalue weighted by Gasteiger charge is 2.36. The summed E-state index contributed by atoms with van der Waals surface area (Å²) in [4.78, 5) is 50.4. The van der Waals surface area contributed by atoms with E-state index in [2.05, 4.69) is 5.32 Å². The molecule has 0 unspecified atom stereocenters. The molecule has 1 aromatic heterocycles. The molecule has 9 nitrogen and oxygen atoms in total. The number of ether oxygens (including phenoxy) is 1. The van der Waals surface area contributed by atoms with E-state index in [0.717, 1.165) is 12.1 Å². The van der Waals surface area contributed by atoms with Crippen LogP contribution in [0.15, 0.2) is 41.2 Å². The number of piperidine rings is 1. The number of hydrogen-bond acceptors (Lipinski definition) is 6. The number of amides is 2. The normalized spacial score (nSPS) is 19.1. The molecule has 2 amide bonds. The SMILES string of the molecule is COc1ccc(C(=O)Nc2ccc3n(c2=O)C[C@H]2C[C@@H]3CN(C(=O)CCC(=O)[O-])C2)cc1. The Balaban J connectivity index is 1.50. The summed E-state index contributed by atoms with van der Waals surface area (Å²) in [5.41, 5.74) is 1.17. The Kier molecular flexibility index (Phi) is 5.98. The van der Waals surface area contributed by atoms with Gasteiger partial charge in [0.2, 0.25) is 5.91 Å². The lowest BCUT2D eigenvalue weighted by molar-refractivity contribution is -0.305. The van der Waals surface area contributed by atoms with Gasteiger partial charge in [-0.15, -0.1) is 0 Å². The van der Waals surface area contributed by atoms with Crippen molar-refractivity contribution in [3.8, 4) is 5.75 Å². The first kappa shape index (κ1) is 21.6. The lowest BCUT2D eigenvalue weighted by Crippen LogP contribution is -2.49. The number of rotatable bonds is 6. The Hall–Kier alpha value is -3.62. The van der Waals surface area contributed by atoms with E-state index in [4.69, 9.17) is 4.74 Å². The number of carboxylic acids is 1. The quantitative estimate of drug-likeness (QED) is 0.705. The molecule has 3 heterocycles. The van der Waals surface area contributed by atoms with Crippen LogP contribution in [0.1, 0.15) is 41.2 Å². The molecule has 2 aliphatic rings. The Bertz CT molecular complexity index is 1110. The van der Waals surface area contributed by atoms with E-state index in [1.54, 1.807) is 46.9 Å². The number of methoxy groups -OCH3 is 1. The molecule has 0 aliphatic carbocycles. The van der Waals surface area contributed by atoms with Gasteiger partial charge in [-0.05, 0) is 55.2 Å². The van der Waals surface area contributed by atoms with Crippen molar-refractivity contribution in [1.82, 2.24) is 9.47 Å². The maximum atomic E-state index is 13.1. The highest BCUT2D eigenvalue weighted by atomic mass is 16.5. The van der Waals surface area contributed by atoms with E-state index >= 15 is 0 Å². The number of pyridine rings is 1. The van der Waals surface area contributed by atoms with Crippen LogP contribution in [0.3, 0.4) is 0 Å². The molecule has 168 valence electrons. The van der Waals surface area contributed by atoms with Gasteiger partial charge in [-0.25, -0.2) is 0 Å². The Labute approximate surface area is 184 Å². The molecule has 1 N–H and O–H groups in total. The molecular formula is C23H24N3O6-. The van der Waals surface area contributed by atoms with Crippen LogP contribution in [-0.4, -0.2) is 47.4 Å². The summed E-state index contributed by atoms with van der Waals surface area (Å²) < 4.78 is 6.78. The monoisotopic (exact) mass is 438 g/mol. The van der Waals surface area contributed by atoms with Crippen molar-refractivity contribution in [3.05, 3.63) is 58.0 Å². The number of fused-ring (bicyclic) bond motifs is 4. The first-order valence-corrected chi connectivity index (χ1v) is 10.5. The topological polar surface area (TPSA) is 121 Å². The van der Waals surface area contributed by atoms with Crippen molar-refractivity contribution in [1.29, 1.82) is 0 Å². The number of carbonyl (C=O) groups excluding carboxylic acids is 3. The minimum Gasteiger partial charge on any atom is -0.550 e. The van der Waals surface area contributed by atoms with Gasteiger partial charge < -0.3 is 29.4 Å². The summed E-state index contributed by atoms with van der Waals surface area (Å²) in [7, 11) is 1.54. The third-order valence-electron chi connectivity index (χ3n) is 6.10. The fourth-order valence-corrected chi connectivity index (χ4v) is 4.55. The first-order valence-electron chi connectivity index (χ1n) is 10.5. The molecule has 2 atom stereocenters. The van der Waals surface area contributed by atoms with Gasteiger partial charge in [0.15, 0.2) is 0 Å². The van der Waals surface area contributed by atoms with Crippen molar-refractivity contribution in [2.75, 3.05) is 25.5 Å². The molecule has 1 saturated heterocycles. The number of nitrogens with zero attached hydrogens (tertiary/aromatic N) is 2. The lowest BCUT2D eigenvalue weighted by Gasteiger charge is -2.43. The number of likely N-dealkylation sites (tertiary alicyclic amines) is 1. The van der Waals surface area contributed by atoms with Gasteiger partial charge in [-0.2, -0.15) is 0 Å². The van der Waals surface area contributed by atoms with Gasteiger partial charge in [-0.3, -0.25) is 14.4 Å². The summed E-state index contributed by atoms with van der Waals surface area (Å²) in [5.74, 6) is -1.10. The molecule has 2 bridgehead atoms. The zero-order valence-electron chi connectivity index (χ0n) is 17.7. The van der Waals surface area contributed by atoms with Gasteiger partial charge >= 0.3 is 0 Å². The second-order valence-electron chi connectivity index (χ2n) is 8.24. The standard InChI is InChI=1S/C23H25N3O6/c1-32-17-4-2-15(3-5-17)22(30)24-18-6-7-19-16-10-14(12-26(19)23(18)31)11-25(13-16)20(27)8-9-21(28)29/h2-7,14,16H,8-13H2,1H3,(H,24,30)(H,28,29)/p-1/t14-,16+/m0/s1. The van der Waals surface area contributed by atoms with Gasteiger partial charge in [-0.1, -0.05) is 0 Å². The number of aromatic nitrogens is 1. The molecule has 9 heteroatoms. The largest absolute Gasteiger partial charge is 0.550 e. The third kappa shape index (κ3) is 4.37. The molecule has 0 spiro atoms. The van der Waals surface area contributed by atoms with Crippen molar-refractivity contribution in [2.45, 2.75) is 31.7 Å². The van der Waals surface area contributed by atoms with Crippen LogP contribution in [0.2, 0.25) is 0 Å². The minimum atomic E-state index is -1.24. The van der Waals surface area contributed by atoms with Crippen LogP contribution < -0.4 is 20.7 Å². The minimum absolute atomic E-state index is 0.00607. The van der Waals surface area contributed by atoms with Gasteiger partial charge in [0.25, 0.3) is 11.5 Å². The number of carboxylic acid groups (broad SMARTS) is 1. The maximum Gasteiger partial charge on any atom is 0.274 e. The predicted molar refractivity (Wildman–Crippen MR) is 113 cm³/mol. The summed E-state index contributed by atoms with van der Waals surface area (Å²) >= 11 is 0. The zero-order chi connectivity index (χ0) is 22.8. The number of aliphatic carboxylic acids is 1. The van der Waals surface area contributed by atoms with Crippen LogP contribution >= 0.6 is 0 Å². The fourth-order valence-electron chi connectivity index (χ4n) is 4.55. The van der Waals surface area contributed by atoms with Crippen LogP contribution in [0, 0.1) is 5.92 Å². The predicted octanol–water partition coefficient (Wildman–Crippen LogP) is 0.585. The smallest absolute Gasteiger partial charge is 0.274 e. The lowest BCUT2D eigenvalue weighted by atomic mass is 9.83. The summed E-state index contributed by atoms with van der Waals surface area (Å²) in [6, 6.07) is 10.0. The average molecular weight is 438 g/mol. The van der Waals surface area contributed by atoms with Crippen molar-refractivity contribution < 1.29 is 24.2 Å². The molecule has 1 fully saturated rings. The van der Waals surface area contributed by atoms with Crippen LogP contribution in [0.25, 0.3) is 0 Å². The molecule has 2 aromatic rings. The molecule has 0 saturated carbocycles. The Morgan fingerprint density at radius 1 is 1.06 bits per heavy atom. The van der Waals surface area contributed by atoms with E-state index in [1.165, 1.54) is 0 Å². The second kappa shape index (κ2) is 8.86. The van der Waals surface area contributed by atoms with E-state index in [0.29, 0.717) is 30.9 Å². The van der Waals surface area contributed by atoms with Crippen LogP contribution in [-0.2, 0) is 16.1 Å². The number of benzene rings is 1. The average Bonchev–Trinajstić information content (AvgIpc) is 2.79. The van der Waals surface area contributed by atoms with Crippen LogP contribution in [0.4, 0.5) is 5.69 Å². The summed E-state index contributed by atoms with van der Waals surface area (Å²) in [5, 5.41) is 13.4. The van der Waals surface area contributed by atoms with E-state index < -0.39 is 5.97 Å². The first-order chi connectivity index (χ1) is 15.4. The molecule has 0 radical (unpaired) electrons. The van der Waals surface area contributed by atoms with Gasteiger partial charge in [0.1, 0.15) is 11.4 Å². The Morgan fingerprint density at radius 3 is 2.50 bits per heavy atom. The van der Waals surface area contributed by atoms with Crippen molar-refractivity contribution >= 4 is 23.5 Å². The fraction of sp³-hybridized carbons (Fsp3) is 0.391. The number of nitrogens with one attached hydrogen (secondary N) is 1. The highest BCUT2D eigenvalue weighted by Crippen LogP contribution is 2.35. The van der Waals surface area contributed by atoms with E-state index in [-0.39, 0.29) is 47.7 Å². The van der Waals surface area contributed by atoms with Crippen molar-refractivity contribution in [3.63, 3.8) is 0 Å². The molecule has 2 aliphatic heterocycles. The summed E-state index contributed by atoms with van der Waals surface area (Å²) in [6.07, 6.45) is 0.490. The van der Waals surface area contributed by atoms with Gasteiger partial charge in [0.05, 0.1) is 7.11 Å². The number of anilines is 1. The molecule has 1 aromatic carbocycles. The van der Waals surface area contributed by atoms with E-state index in [9.17, 15) is 24.3 Å². The zero-order valence-corrected chi connectivity index (χ0v) is 17.7. The number of hydrogen-bond donors (Lipinski definition) is 1. The second-order valence-corrected chi connectivity index (χ2v) is 8.24. The third-order valence-corrected chi connectivity index (χ3v) is 6.10. The highest BCUT2D eigenvalue weighted by molar-refractivity contribution is 6.04. The van der Waals surface area contributed by atoms with Crippen molar-refractivity contribution in [2.24, 2.45) is 5.92 Å².